The van der Waals surface area contributed by atoms with Crippen LogP contribution < -0.4 is 5.32 Å². The van der Waals surface area contributed by atoms with Crippen molar-refractivity contribution >= 4 is 13.7 Å². The van der Waals surface area contributed by atoms with Gasteiger partial charge in [-0.3, -0.25) is 13.8 Å². The summed E-state index contributed by atoms with van der Waals surface area (Å²) in [7, 11) is 1.64. The van der Waals surface area contributed by atoms with E-state index in [1.165, 1.54) is 263 Å². The van der Waals surface area contributed by atoms with E-state index in [9.17, 15) is 19.4 Å². The van der Waals surface area contributed by atoms with Crippen LogP contribution in [0.25, 0.3) is 0 Å². The maximum atomic E-state index is 13.0. The van der Waals surface area contributed by atoms with Crippen LogP contribution in [0, 0.1) is 0 Å². The fourth-order valence-corrected chi connectivity index (χ4v) is 10.5. The van der Waals surface area contributed by atoms with E-state index in [0.29, 0.717) is 23.9 Å². The fourth-order valence-electron chi connectivity index (χ4n) is 9.76. The van der Waals surface area contributed by atoms with Gasteiger partial charge in [0.15, 0.2) is 0 Å². The van der Waals surface area contributed by atoms with Gasteiger partial charge in [0.05, 0.1) is 39.9 Å². The third-order valence-electron chi connectivity index (χ3n) is 14.6. The Balaban J connectivity index is 3.88. The average Bonchev–Trinajstić information content (AvgIpc) is 3.31. The van der Waals surface area contributed by atoms with Crippen molar-refractivity contribution < 1.29 is 32.9 Å². The summed E-state index contributed by atoms with van der Waals surface area (Å²) in [6, 6.07) is -0.754. The molecule has 0 aromatic rings. The monoisotopic (exact) mass is 1000 g/mol. The van der Waals surface area contributed by atoms with E-state index in [1.807, 2.05) is 21.1 Å². The molecular formula is C60H124N2O6P+. The Kier molecular flexibility index (Phi) is 52.0. The molecule has 0 radical (unpaired) electrons. The molecule has 3 N–H and O–H groups in total. The van der Waals surface area contributed by atoms with Gasteiger partial charge in [0.25, 0.3) is 0 Å². The van der Waals surface area contributed by atoms with Gasteiger partial charge in [-0.1, -0.05) is 309 Å². The van der Waals surface area contributed by atoms with Crippen LogP contribution in [-0.4, -0.2) is 73.4 Å². The number of nitrogens with one attached hydrogen (secondary N) is 1. The minimum atomic E-state index is -4.31. The molecule has 0 saturated heterocycles. The van der Waals surface area contributed by atoms with Gasteiger partial charge in [-0.05, 0) is 12.8 Å². The Morgan fingerprint density at radius 2 is 0.696 bits per heavy atom. The molecule has 8 nitrogen and oxygen atoms in total. The number of unbranched alkanes of at least 4 members (excludes halogenated alkanes) is 45. The molecule has 1 amide bonds. The molecule has 0 rings (SSSR count). The number of carbonyl (C=O) groups is 1. The number of hydrogen-bond donors (Lipinski definition) is 3. The Labute approximate surface area is 431 Å². The highest BCUT2D eigenvalue weighted by atomic mass is 31.2. The SMILES string of the molecule is CCCCCCCCCCCCCCCCCCCCCCCCCCCCCCCCCCCCC(=O)NC(COP(=O)(O)OCC[N+](C)(C)C)C(O)CCCCCCCCCCCCCCC. The number of aliphatic hydroxyl groups is 1. The number of quaternary nitrogens is 1. The van der Waals surface area contributed by atoms with E-state index in [2.05, 4.69) is 19.2 Å². The fraction of sp³-hybridized carbons (Fsp3) is 0.983. The summed E-state index contributed by atoms with van der Waals surface area (Å²) < 4.78 is 23.8. The normalized spacial score (nSPS) is 13.8. The maximum Gasteiger partial charge on any atom is 0.472 e. The summed E-state index contributed by atoms with van der Waals surface area (Å²) in [5.41, 5.74) is 0. The summed E-state index contributed by atoms with van der Waals surface area (Å²) in [6.07, 6.45) is 63.4. The highest BCUT2D eigenvalue weighted by Crippen LogP contribution is 2.43. The number of phosphoric ester groups is 1. The molecule has 0 aromatic carbocycles. The first-order valence-electron chi connectivity index (χ1n) is 30.9. The van der Waals surface area contributed by atoms with Crippen LogP contribution in [0.4, 0.5) is 0 Å². The number of phosphoric acid groups is 1. The zero-order chi connectivity index (χ0) is 50.6. The number of carbonyl (C=O) groups excluding carboxylic acids is 1. The summed E-state index contributed by atoms with van der Waals surface area (Å²) >= 11 is 0. The van der Waals surface area contributed by atoms with Crippen molar-refractivity contribution in [3.63, 3.8) is 0 Å². The lowest BCUT2D eigenvalue weighted by molar-refractivity contribution is -0.870. The van der Waals surface area contributed by atoms with Gasteiger partial charge in [0, 0.05) is 6.42 Å². The van der Waals surface area contributed by atoms with Crippen LogP contribution in [0.1, 0.15) is 328 Å². The molecule has 9 heteroatoms. The number of likely N-dealkylation sites (N-methyl/N-ethyl adjacent to an activating group) is 1. The minimum absolute atomic E-state index is 0.0789. The molecule has 0 saturated carbocycles. The van der Waals surface area contributed by atoms with Gasteiger partial charge in [0.1, 0.15) is 13.2 Å². The molecule has 0 aliphatic carbocycles. The van der Waals surface area contributed by atoms with Gasteiger partial charge in [-0.25, -0.2) is 4.57 Å². The second-order valence-electron chi connectivity index (χ2n) is 22.8. The topological polar surface area (TPSA) is 105 Å². The zero-order valence-corrected chi connectivity index (χ0v) is 48.2. The molecule has 0 aliphatic rings. The standard InChI is InChI=1S/C60H123N2O6P/c1-6-8-10-12-14-16-18-20-21-22-23-24-25-26-27-28-29-30-31-32-33-34-35-36-37-38-39-40-42-44-46-48-50-52-54-60(64)61-58(57-68-69(65,66)67-56-55-62(3,4)5)59(63)53-51-49-47-45-43-41-19-17-15-13-11-9-7-2/h58-59,63H,6-57H2,1-5H3,(H-,61,64,65,66)/p+1. The van der Waals surface area contributed by atoms with Crippen molar-refractivity contribution in [1.82, 2.24) is 5.32 Å². The molecule has 0 aromatic heterocycles. The largest absolute Gasteiger partial charge is 0.472 e. The van der Waals surface area contributed by atoms with Crippen LogP contribution in [0.3, 0.4) is 0 Å². The number of rotatable bonds is 58. The van der Waals surface area contributed by atoms with E-state index < -0.39 is 20.0 Å². The average molecular weight is 1000 g/mol. The maximum absolute atomic E-state index is 13.0. The van der Waals surface area contributed by atoms with Gasteiger partial charge in [-0.2, -0.15) is 0 Å². The number of amides is 1. The van der Waals surface area contributed by atoms with Gasteiger partial charge < -0.3 is 19.8 Å². The van der Waals surface area contributed by atoms with E-state index in [1.54, 1.807) is 0 Å². The lowest BCUT2D eigenvalue weighted by Gasteiger charge is -2.26. The molecule has 3 unspecified atom stereocenters. The quantitative estimate of drug-likeness (QED) is 0.0318. The Bertz CT molecular complexity index is 1090. The van der Waals surface area contributed by atoms with Crippen molar-refractivity contribution in [3.05, 3.63) is 0 Å². The predicted octanol–water partition coefficient (Wildman–Crippen LogP) is 18.8. The molecule has 0 bridgehead atoms. The Hall–Kier alpha value is -0.500. The number of hydrogen-bond acceptors (Lipinski definition) is 5. The molecule has 3 atom stereocenters. The summed E-state index contributed by atoms with van der Waals surface area (Å²) in [5.74, 6) is -0.136. The second kappa shape index (κ2) is 52.4. The lowest BCUT2D eigenvalue weighted by atomic mass is 10.0. The van der Waals surface area contributed by atoms with Crippen LogP contribution in [0.15, 0.2) is 0 Å². The lowest BCUT2D eigenvalue weighted by Crippen LogP contribution is -2.46. The van der Waals surface area contributed by atoms with Crippen LogP contribution >= 0.6 is 7.82 Å². The summed E-state index contributed by atoms with van der Waals surface area (Å²) in [5, 5.41) is 14.0. The third kappa shape index (κ3) is 55.1. The first-order valence-corrected chi connectivity index (χ1v) is 32.4. The molecule has 414 valence electrons. The molecule has 0 spiro atoms. The molecular weight excluding hydrogens is 876 g/mol. The smallest absolute Gasteiger partial charge is 0.391 e. The van der Waals surface area contributed by atoms with Crippen molar-refractivity contribution in [2.75, 3.05) is 40.9 Å². The predicted molar refractivity (Wildman–Crippen MR) is 300 cm³/mol. The first kappa shape index (κ1) is 68.5. The molecule has 0 aliphatic heterocycles. The van der Waals surface area contributed by atoms with Gasteiger partial charge in [-0.15, -0.1) is 0 Å². The Morgan fingerprint density at radius 3 is 0.971 bits per heavy atom. The van der Waals surface area contributed by atoms with E-state index in [0.717, 1.165) is 38.5 Å². The van der Waals surface area contributed by atoms with Crippen molar-refractivity contribution in [2.24, 2.45) is 0 Å². The highest BCUT2D eigenvalue weighted by molar-refractivity contribution is 7.47. The van der Waals surface area contributed by atoms with Crippen molar-refractivity contribution in [3.8, 4) is 0 Å². The van der Waals surface area contributed by atoms with Crippen LogP contribution in [-0.2, 0) is 18.4 Å². The first-order chi connectivity index (χ1) is 33.5. The molecule has 69 heavy (non-hydrogen) atoms. The van der Waals surface area contributed by atoms with Gasteiger partial charge in [0.2, 0.25) is 5.91 Å². The summed E-state index contributed by atoms with van der Waals surface area (Å²) in [4.78, 5) is 23.3. The van der Waals surface area contributed by atoms with E-state index in [4.69, 9.17) is 9.05 Å². The number of nitrogens with zero attached hydrogens (tertiary/aromatic N) is 1. The van der Waals surface area contributed by atoms with E-state index in [-0.39, 0.29) is 19.1 Å². The van der Waals surface area contributed by atoms with Gasteiger partial charge >= 0.3 is 7.82 Å². The second-order valence-corrected chi connectivity index (χ2v) is 24.3. The molecule has 0 fully saturated rings. The van der Waals surface area contributed by atoms with Crippen molar-refractivity contribution in [2.45, 2.75) is 341 Å². The minimum Gasteiger partial charge on any atom is -0.391 e. The van der Waals surface area contributed by atoms with Crippen LogP contribution in [0.5, 0.6) is 0 Å². The van der Waals surface area contributed by atoms with E-state index >= 15 is 0 Å². The molecule has 0 heterocycles. The Morgan fingerprint density at radius 1 is 0.435 bits per heavy atom. The third-order valence-corrected chi connectivity index (χ3v) is 15.6. The zero-order valence-electron chi connectivity index (χ0n) is 47.3. The van der Waals surface area contributed by atoms with Crippen molar-refractivity contribution in [1.29, 1.82) is 0 Å². The highest BCUT2D eigenvalue weighted by Gasteiger charge is 2.28. The number of aliphatic hydroxyl groups excluding tert-OH is 1. The van der Waals surface area contributed by atoms with Crippen LogP contribution in [0.2, 0.25) is 0 Å². The summed E-state index contributed by atoms with van der Waals surface area (Å²) in [6.45, 7) is 4.94.